The van der Waals surface area contributed by atoms with Crippen LogP contribution in [0.15, 0.2) is 30.5 Å². The number of nitrogens with one attached hydrogen (secondary N) is 3. The summed E-state index contributed by atoms with van der Waals surface area (Å²) in [6.45, 7) is 3.28. The van der Waals surface area contributed by atoms with E-state index in [-0.39, 0.29) is 11.9 Å². The summed E-state index contributed by atoms with van der Waals surface area (Å²) >= 11 is 0. The molecule has 5 heteroatoms. The van der Waals surface area contributed by atoms with E-state index in [1.807, 2.05) is 25.1 Å². The van der Waals surface area contributed by atoms with E-state index in [9.17, 15) is 4.79 Å². The fourth-order valence-corrected chi connectivity index (χ4v) is 2.58. The van der Waals surface area contributed by atoms with Crippen LogP contribution >= 0.6 is 0 Å². The van der Waals surface area contributed by atoms with E-state index in [1.54, 1.807) is 6.20 Å². The first kappa shape index (κ1) is 12.9. The van der Waals surface area contributed by atoms with Gasteiger partial charge in [0, 0.05) is 24.3 Å². The maximum atomic E-state index is 12.4. The van der Waals surface area contributed by atoms with Crippen LogP contribution in [-0.2, 0) is 17.8 Å². The van der Waals surface area contributed by atoms with Crippen molar-refractivity contribution in [2.75, 3.05) is 6.54 Å². The number of aryl methyl sites for hydroxylation is 1. The summed E-state index contributed by atoms with van der Waals surface area (Å²) in [7, 11) is 0. The number of carbonyl (C=O) groups is 1. The van der Waals surface area contributed by atoms with E-state index in [0.717, 1.165) is 29.8 Å². The molecule has 3 N–H and O–H groups in total. The van der Waals surface area contributed by atoms with Crippen LogP contribution in [0, 0.1) is 6.92 Å². The van der Waals surface area contributed by atoms with Crippen LogP contribution in [0.4, 0.5) is 0 Å². The number of rotatable bonds is 3. The van der Waals surface area contributed by atoms with E-state index in [1.165, 1.54) is 5.56 Å². The lowest BCUT2D eigenvalue weighted by Gasteiger charge is -2.26. The zero-order chi connectivity index (χ0) is 13.9. The number of aromatic nitrogens is 2. The highest BCUT2D eigenvalue weighted by molar-refractivity contribution is 5.83. The van der Waals surface area contributed by atoms with Gasteiger partial charge in [0.05, 0.1) is 6.20 Å². The zero-order valence-corrected chi connectivity index (χ0v) is 11.4. The van der Waals surface area contributed by atoms with Gasteiger partial charge in [0.1, 0.15) is 6.04 Å². The van der Waals surface area contributed by atoms with E-state index in [2.05, 4.69) is 26.9 Å². The molecule has 1 amide bonds. The number of carbonyl (C=O) groups excluding carboxylic acids is 1. The first-order chi connectivity index (χ1) is 9.75. The minimum Gasteiger partial charge on any atom is -0.350 e. The Bertz CT molecular complexity index is 620. The van der Waals surface area contributed by atoms with Crippen molar-refractivity contribution in [3.8, 4) is 0 Å². The van der Waals surface area contributed by atoms with Crippen molar-refractivity contribution in [1.82, 2.24) is 20.8 Å². The average Bonchev–Trinajstić information content (AvgIpc) is 2.89. The predicted molar refractivity (Wildman–Crippen MR) is 76.1 cm³/mol. The lowest BCUT2D eigenvalue weighted by atomic mass is 9.94. The lowest BCUT2D eigenvalue weighted by molar-refractivity contribution is -0.123. The average molecular weight is 270 g/mol. The van der Waals surface area contributed by atoms with Gasteiger partial charge in [0.25, 0.3) is 0 Å². The predicted octanol–water partition coefficient (Wildman–Crippen LogP) is 1.22. The van der Waals surface area contributed by atoms with E-state index < -0.39 is 0 Å². The largest absolute Gasteiger partial charge is 0.350 e. The number of benzene rings is 1. The summed E-state index contributed by atoms with van der Waals surface area (Å²) in [4.78, 5) is 12.4. The Morgan fingerprint density at radius 2 is 2.30 bits per heavy atom. The van der Waals surface area contributed by atoms with Gasteiger partial charge in [-0.3, -0.25) is 9.89 Å². The molecule has 1 aromatic carbocycles. The molecule has 5 nitrogen and oxygen atoms in total. The third kappa shape index (κ3) is 2.44. The molecule has 0 saturated carbocycles. The van der Waals surface area contributed by atoms with Gasteiger partial charge in [0.2, 0.25) is 5.91 Å². The molecule has 104 valence electrons. The van der Waals surface area contributed by atoms with Crippen molar-refractivity contribution in [2.45, 2.75) is 25.9 Å². The Morgan fingerprint density at radius 1 is 1.45 bits per heavy atom. The lowest BCUT2D eigenvalue weighted by Crippen LogP contribution is -2.41. The zero-order valence-electron chi connectivity index (χ0n) is 11.4. The Morgan fingerprint density at radius 3 is 3.10 bits per heavy atom. The molecule has 0 radical (unpaired) electrons. The second kappa shape index (κ2) is 5.46. The number of H-pyrrole nitrogens is 1. The number of hydrogen-bond acceptors (Lipinski definition) is 3. The molecule has 0 saturated heterocycles. The first-order valence-corrected chi connectivity index (χ1v) is 6.83. The molecule has 0 fully saturated rings. The molecule has 1 aromatic heterocycles. The molecule has 1 aliphatic heterocycles. The normalized spacial score (nSPS) is 17.6. The van der Waals surface area contributed by atoms with Crippen molar-refractivity contribution < 1.29 is 4.79 Å². The van der Waals surface area contributed by atoms with Crippen LogP contribution in [0.3, 0.4) is 0 Å². The third-order valence-electron chi connectivity index (χ3n) is 3.76. The fraction of sp³-hybridized carbons (Fsp3) is 0.333. The monoisotopic (exact) mass is 270 g/mol. The number of aromatic amines is 1. The summed E-state index contributed by atoms with van der Waals surface area (Å²) in [5.74, 6) is 0.0118. The molecule has 0 spiro atoms. The van der Waals surface area contributed by atoms with Crippen LogP contribution in [0.25, 0.3) is 0 Å². The molecule has 1 atom stereocenters. The van der Waals surface area contributed by atoms with Gasteiger partial charge in [-0.25, -0.2) is 0 Å². The smallest absolute Gasteiger partial charge is 0.242 e. The standard InChI is InChI=1S/C15H18N4O/c1-10-12(9-18-19-10)8-17-15(20)14-13-5-3-2-4-11(13)6-7-16-14/h2-5,9,14,16H,6-8H2,1H3,(H,17,20)(H,18,19). The molecular formula is C15H18N4O. The first-order valence-electron chi connectivity index (χ1n) is 6.83. The summed E-state index contributed by atoms with van der Waals surface area (Å²) in [6.07, 6.45) is 2.72. The molecule has 1 unspecified atom stereocenters. The van der Waals surface area contributed by atoms with Crippen molar-refractivity contribution in [1.29, 1.82) is 0 Å². The number of nitrogens with zero attached hydrogens (tertiary/aromatic N) is 1. The van der Waals surface area contributed by atoms with Crippen LogP contribution in [0.5, 0.6) is 0 Å². The number of hydrogen-bond donors (Lipinski definition) is 3. The Hall–Kier alpha value is -2.14. The summed E-state index contributed by atoms with van der Waals surface area (Å²) in [5.41, 5.74) is 4.34. The van der Waals surface area contributed by atoms with Gasteiger partial charge in [-0.15, -0.1) is 0 Å². The quantitative estimate of drug-likeness (QED) is 0.785. The van der Waals surface area contributed by atoms with Gasteiger partial charge in [-0.1, -0.05) is 24.3 Å². The minimum atomic E-state index is -0.257. The van der Waals surface area contributed by atoms with E-state index in [0.29, 0.717) is 6.54 Å². The summed E-state index contributed by atoms with van der Waals surface area (Å²) < 4.78 is 0. The molecule has 2 aromatic rings. The second-order valence-corrected chi connectivity index (χ2v) is 5.07. The topological polar surface area (TPSA) is 69.8 Å². The molecular weight excluding hydrogens is 252 g/mol. The van der Waals surface area contributed by atoms with E-state index >= 15 is 0 Å². The maximum Gasteiger partial charge on any atom is 0.242 e. The molecule has 20 heavy (non-hydrogen) atoms. The van der Waals surface area contributed by atoms with Crippen molar-refractivity contribution in [2.24, 2.45) is 0 Å². The molecule has 3 rings (SSSR count). The highest BCUT2D eigenvalue weighted by atomic mass is 16.2. The van der Waals surface area contributed by atoms with Crippen LogP contribution in [0.2, 0.25) is 0 Å². The third-order valence-corrected chi connectivity index (χ3v) is 3.76. The SMILES string of the molecule is Cc1[nH]ncc1CNC(=O)C1NCCc2ccccc21. The van der Waals surface area contributed by atoms with Crippen molar-refractivity contribution in [3.63, 3.8) is 0 Å². The van der Waals surface area contributed by atoms with E-state index in [4.69, 9.17) is 0 Å². The van der Waals surface area contributed by atoms with Gasteiger partial charge in [-0.2, -0.15) is 5.10 Å². The fourth-order valence-electron chi connectivity index (χ4n) is 2.58. The van der Waals surface area contributed by atoms with Gasteiger partial charge < -0.3 is 10.6 Å². The van der Waals surface area contributed by atoms with Crippen LogP contribution < -0.4 is 10.6 Å². The second-order valence-electron chi connectivity index (χ2n) is 5.07. The van der Waals surface area contributed by atoms with Gasteiger partial charge in [-0.05, 0) is 24.5 Å². The Balaban J connectivity index is 1.71. The van der Waals surface area contributed by atoms with Crippen LogP contribution in [0.1, 0.15) is 28.4 Å². The minimum absolute atomic E-state index is 0.0118. The molecule has 0 aliphatic carbocycles. The molecule has 1 aliphatic rings. The summed E-state index contributed by atoms with van der Waals surface area (Å²) in [5, 5.41) is 13.1. The number of fused-ring (bicyclic) bond motifs is 1. The van der Waals surface area contributed by atoms with Crippen LogP contribution in [-0.4, -0.2) is 22.6 Å². The maximum absolute atomic E-state index is 12.4. The van der Waals surface area contributed by atoms with Gasteiger partial charge in [0.15, 0.2) is 0 Å². The molecule has 0 bridgehead atoms. The Labute approximate surface area is 117 Å². The highest BCUT2D eigenvalue weighted by Crippen LogP contribution is 2.22. The summed E-state index contributed by atoms with van der Waals surface area (Å²) in [6, 6.07) is 7.86. The Kier molecular flexibility index (Phi) is 3.52. The number of amides is 1. The van der Waals surface area contributed by atoms with Gasteiger partial charge >= 0.3 is 0 Å². The molecule has 2 heterocycles. The van der Waals surface area contributed by atoms with Crippen molar-refractivity contribution in [3.05, 3.63) is 52.8 Å². The van der Waals surface area contributed by atoms with Crippen molar-refractivity contribution >= 4 is 5.91 Å². The highest BCUT2D eigenvalue weighted by Gasteiger charge is 2.25.